The molecule has 0 bridgehead atoms. The molecule has 0 spiro atoms. The van der Waals surface area contributed by atoms with Gasteiger partial charge in [0, 0.05) is 16.0 Å². The van der Waals surface area contributed by atoms with Gasteiger partial charge in [-0.25, -0.2) is 4.98 Å². The number of hydrogen-bond acceptors (Lipinski definition) is 5. The van der Waals surface area contributed by atoms with Crippen molar-refractivity contribution in [3.05, 3.63) is 64.5 Å². The van der Waals surface area contributed by atoms with Crippen molar-refractivity contribution in [2.24, 2.45) is 0 Å². The molecule has 124 valence electrons. The molecule has 2 aromatic heterocycles. The van der Waals surface area contributed by atoms with Gasteiger partial charge in [-0.2, -0.15) is 4.68 Å². The van der Waals surface area contributed by atoms with E-state index in [-0.39, 0.29) is 0 Å². The fourth-order valence-corrected chi connectivity index (χ4v) is 3.40. The minimum absolute atomic E-state index is 0.451. The summed E-state index contributed by atoms with van der Waals surface area (Å²) in [5.74, 6) is 0.451. The van der Waals surface area contributed by atoms with Crippen molar-refractivity contribution in [3.8, 4) is 27.6 Å². The number of halogens is 1. The lowest BCUT2D eigenvalue weighted by atomic mass is 10.1. The van der Waals surface area contributed by atoms with Crippen LogP contribution in [0.4, 0.5) is 5.82 Å². The van der Waals surface area contributed by atoms with Crippen LogP contribution in [0.25, 0.3) is 27.6 Å². The van der Waals surface area contributed by atoms with E-state index >= 15 is 0 Å². The molecule has 0 saturated carbocycles. The zero-order valence-corrected chi connectivity index (χ0v) is 14.9. The zero-order valence-electron chi connectivity index (χ0n) is 13.3. The Balaban J connectivity index is 1.69. The Morgan fingerprint density at radius 3 is 2.48 bits per heavy atom. The maximum atomic E-state index is 6.24. The van der Waals surface area contributed by atoms with Crippen LogP contribution in [0.1, 0.15) is 5.56 Å². The van der Waals surface area contributed by atoms with Crippen molar-refractivity contribution in [2.75, 3.05) is 5.73 Å². The lowest BCUT2D eigenvalue weighted by molar-refractivity contribution is 0.810. The summed E-state index contributed by atoms with van der Waals surface area (Å²) in [6, 6.07) is 15.5. The van der Waals surface area contributed by atoms with Gasteiger partial charge in [-0.3, -0.25) is 0 Å². The third-order valence-corrected chi connectivity index (χ3v) is 4.93. The van der Waals surface area contributed by atoms with Gasteiger partial charge in [-0.1, -0.05) is 46.6 Å². The zero-order chi connectivity index (χ0) is 17.4. The topological polar surface area (TPSA) is 69.6 Å². The maximum absolute atomic E-state index is 6.24. The monoisotopic (exact) mass is 367 g/mol. The second kappa shape index (κ2) is 6.31. The fraction of sp³-hybridized carbons (Fsp3) is 0.0556. The molecule has 0 fully saturated rings. The number of benzene rings is 2. The molecule has 0 aliphatic rings. The summed E-state index contributed by atoms with van der Waals surface area (Å²) in [6.07, 6.45) is 0. The molecule has 0 aliphatic heterocycles. The van der Waals surface area contributed by atoms with Gasteiger partial charge in [0.2, 0.25) is 0 Å². The molecule has 0 saturated heterocycles. The lowest BCUT2D eigenvalue weighted by Gasteiger charge is -2.02. The smallest absolute Gasteiger partial charge is 0.165 e. The highest BCUT2D eigenvalue weighted by molar-refractivity contribution is 7.13. The minimum atomic E-state index is 0.451. The van der Waals surface area contributed by atoms with Gasteiger partial charge in [0.15, 0.2) is 11.5 Å². The number of thiazole rings is 1. The van der Waals surface area contributed by atoms with Gasteiger partial charge >= 0.3 is 0 Å². The first-order valence-electron chi connectivity index (χ1n) is 7.62. The SMILES string of the molecule is Cc1ccc(-c2csc(-c3nnn(-c4ccc(Cl)cc4)c3N)n2)cc1. The molecule has 0 atom stereocenters. The van der Waals surface area contributed by atoms with Crippen LogP contribution in [0.5, 0.6) is 0 Å². The van der Waals surface area contributed by atoms with Crippen LogP contribution in [-0.2, 0) is 0 Å². The van der Waals surface area contributed by atoms with Crippen molar-refractivity contribution >= 4 is 28.8 Å². The summed E-state index contributed by atoms with van der Waals surface area (Å²) >= 11 is 7.42. The first-order valence-corrected chi connectivity index (χ1v) is 8.87. The number of nitrogen functional groups attached to an aromatic ring is 1. The summed E-state index contributed by atoms with van der Waals surface area (Å²) in [5.41, 5.74) is 10.8. The minimum Gasteiger partial charge on any atom is -0.382 e. The molecule has 0 amide bonds. The Morgan fingerprint density at radius 1 is 1.04 bits per heavy atom. The highest BCUT2D eigenvalue weighted by atomic mass is 35.5. The number of nitrogens with two attached hydrogens (primary N) is 1. The average molecular weight is 368 g/mol. The van der Waals surface area contributed by atoms with Crippen molar-refractivity contribution in [2.45, 2.75) is 6.92 Å². The summed E-state index contributed by atoms with van der Waals surface area (Å²) in [4.78, 5) is 4.66. The Hall–Kier alpha value is -2.70. The van der Waals surface area contributed by atoms with Crippen molar-refractivity contribution in [1.82, 2.24) is 20.0 Å². The second-order valence-corrected chi connectivity index (χ2v) is 6.91. The van der Waals surface area contributed by atoms with E-state index in [1.54, 1.807) is 16.8 Å². The van der Waals surface area contributed by atoms with Gasteiger partial charge in [0.05, 0.1) is 11.4 Å². The average Bonchev–Trinajstić information content (AvgIpc) is 3.23. The van der Waals surface area contributed by atoms with Gasteiger partial charge in [0.1, 0.15) is 5.01 Å². The van der Waals surface area contributed by atoms with E-state index < -0.39 is 0 Å². The van der Waals surface area contributed by atoms with E-state index in [9.17, 15) is 0 Å². The summed E-state index contributed by atoms with van der Waals surface area (Å²) in [5, 5.41) is 11.8. The molecule has 0 radical (unpaired) electrons. The van der Waals surface area contributed by atoms with Crippen LogP contribution >= 0.6 is 22.9 Å². The predicted octanol–water partition coefficient (Wildman–Crippen LogP) is 4.60. The molecule has 2 heterocycles. The fourth-order valence-electron chi connectivity index (χ4n) is 2.45. The third-order valence-electron chi connectivity index (χ3n) is 3.83. The lowest BCUT2D eigenvalue weighted by Crippen LogP contribution is -2.02. The molecule has 2 N–H and O–H groups in total. The molecule has 4 rings (SSSR count). The summed E-state index contributed by atoms with van der Waals surface area (Å²) < 4.78 is 1.58. The Kier molecular flexibility index (Phi) is 3.99. The Labute approximate surface area is 153 Å². The highest BCUT2D eigenvalue weighted by Gasteiger charge is 2.16. The van der Waals surface area contributed by atoms with Crippen molar-refractivity contribution < 1.29 is 0 Å². The standard InChI is InChI=1S/C18H14ClN5S/c1-11-2-4-12(5-3-11)15-10-25-18(21-15)16-17(20)24(23-22-16)14-8-6-13(19)7-9-14/h2-10H,20H2,1H3. The number of rotatable bonds is 3. The van der Waals surface area contributed by atoms with Gasteiger partial charge in [-0.05, 0) is 31.2 Å². The van der Waals surface area contributed by atoms with Crippen molar-refractivity contribution in [3.63, 3.8) is 0 Å². The Bertz CT molecular complexity index is 1020. The summed E-state index contributed by atoms with van der Waals surface area (Å²) in [6.45, 7) is 2.06. The van der Waals surface area contributed by atoms with Crippen LogP contribution in [-0.4, -0.2) is 20.0 Å². The summed E-state index contributed by atoms with van der Waals surface area (Å²) in [7, 11) is 0. The van der Waals surface area contributed by atoms with Gasteiger partial charge in [0.25, 0.3) is 0 Å². The molecule has 0 unspecified atom stereocenters. The van der Waals surface area contributed by atoms with Crippen molar-refractivity contribution in [1.29, 1.82) is 0 Å². The van der Waals surface area contributed by atoms with E-state index in [1.165, 1.54) is 16.9 Å². The molecule has 2 aromatic carbocycles. The molecule has 5 nitrogen and oxygen atoms in total. The number of nitrogens with zero attached hydrogens (tertiary/aromatic N) is 4. The molecular formula is C18H14ClN5S. The normalized spacial score (nSPS) is 11.0. The van der Waals surface area contributed by atoms with Crippen LogP contribution in [0.3, 0.4) is 0 Å². The second-order valence-electron chi connectivity index (χ2n) is 5.62. The molecule has 7 heteroatoms. The molecule has 4 aromatic rings. The van der Waals surface area contributed by atoms with Crippen LogP contribution in [0.15, 0.2) is 53.9 Å². The number of aryl methyl sites for hydroxylation is 1. The quantitative estimate of drug-likeness (QED) is 0.574. The largest absolute Gasteiger partial charge is 0.382 e. The van der Waals surface area contributed by atoms with E-state index in [0.717, 1.165) is 22.0 Å². The first-order chi connectivity index (χ1) is 12.1. The van der Waals surface area contributed by atoms with E-state index in [2.05, 4.69) is 46.5 Å². The number of anilines is 1. The molecule has 25 heavy (non-hydrogen) atoms. The van der Waals surface area contributed by atoms with Crippen LogP contribution in [0, 0.1) is 6.92 Å². The van der Waals surface area contributed by atoms with Gasteiger partial charge in [-0.15, -0.1) is 16.4 Å². The Morgan fingerprint density at radius 2 is 1.76 bits per heavy atom. The third kappa shape index (κ3) is 3.01. The molecule has 0 aliphatic carbocycles. The number of hydrogen-bond donors (Lipinski definition) is 1. The van der Waals surface area contributed by atoms with E-state index in [1.807, 2.05) is 17.5 Å². The molecular weight excluding hydrogens is 354 g/mol. The van der Waals surface area contributed by atoms with E-state index in [0.29, 0.717) is 16.5 Å². The maximum Gasteiger partial charge on any atom is 0.165 e. The van der Waals surface area contributed by atoms with Gasteiger partial charge < -0.3 is 5.73 Å². The number of aromatic nitrogens is 4. The first kappa shape index (κ1) is 15.8. The highest BCUT2D eigenvalue weighted by Crippen LogP contribution is 2.31. The predicted molar refractivity (Wildman–Crippen MR) is 102 cm³/mol. The van der Waals surface area contributed by atoms with Crippen LogP contribution < -0.4 is 5.73 Å². The van der Waals surface area contributed by atoms with E-state index in [4.69, 9.17) is 17.3 Å². The van der Waals surface area contributed by atoms with Crippen LogP contribution in [0.2, 0.25) is 5.02 Å².